The van der Waals surface area contributed by atoms with Crippen LogP contribution in [0.15, 0.2) is 24.3 Å². The van der Waals surface area contributed by atoms with E-state index in [-0.39, 0.29) is 0 Å². The lowest BCUT2D eigenvalue weighted by molar-refractivity contribution is 0.281. The van der Waals surface area contributed by atoms with Crippen molar-refractivity contribution in [3.05, 3.63) is 30.1 Å². The Morgan fingerprint density at radius 1 is 1.35 bits per heavy atom. The van der Waals surface area contributed by atoms with Crippen LogP contribution in [0.5, 0.6) is 0 Å². The van der Waals surface area contributed by atoms with Gasteiger partial charge < -0.3 is 9.88 Å². The van der Waals surface area contributed by atoms with Gasteiger partial charge in [0.15, 0.2) is 0 Å². The summed E-state index contributed by atoms with van der Waals surface area (Å²) in [5, 5.41) is 3.75. The number of benzene rings is 1. The molecule has 0 spiro atoms. The van der Waals surface area contributed by atoms with E-state index in [0.717, 1.165) is 24.4 Å². The largest absolute Gasteiger partial charge is 0.327 e. The molecule has 1 fully saturated rings. The number of hydrogen-bond acceptors (Lipinski definition) is 2. The van der Waals surface area contributed by atoms with Gasteiger partial charge in [-0.2, -0.15) is 0 Å². The van der Waals surface area contributed by atoms with Gasteiger partial charge in [0.25, 0.3) is 0 Å². The Labute approximate surface area is 121 Å². The Bertz CT molecular complexity index is 597. The van der Waals surface area contributed by atoms with Crippen molar-refractivity contribution < 1.29 is 0 Å². The minimum Gasteiger partial charge on any atom is -0.327 e. The average Bonchev–Trinajstić information content (AvgIpc) is 2.90. The van der Waals surface area contributed by atoms with Gasteiger partial charge in [0.2, 0.25) is 0 Å². The number of aryl methyl sites for hydroxylation is 1. The molecular weight excluding hydrogens is 246 g/mol. The van der Waals surface area contributed by atoms with E-state index in [9.17, 15) is 0 Å². The lowest BCUT2D eigenvalue weighted by Gasteiger charge is -2.28. The first-order valence-electron chi connectivity index (χ1n) is 7.73. The lowest BCUT2D eigenvalue weighted by Crippen LogP contribution is -2.39. The lowest BCUT2D eigenvalue weighted by atomic mass is 9.87. The van der Waals surface area contributed by atoms with Crippen molar-refractivity contribution in [3.8, 4) is 0 Å². The molecule has 0 radical (unpaired) electrons. The molecule has 1 unspecified atom stereocenters. The van der Waals surface area contributed by atoms with Crippen LogP contribution >= 0.6 is 0 Å². The third-order valence-corrected chi connectivity index (χ3v) is 4.83. The van der Waals surface area contributed by atoms with E-state index in [4.69, 9.17) is 0 Å². The second-order valence-electron chi connectivity index (χ2n) is 6.69. The fraction of sp³-hybridized carbons (Fsp3) is 0.588. The smallest absolute Gasteiger partial charge is 0.106 e. The van der Waals surface area contributed by atoms with Crippen molar-refractivity contribution in [1.82, 2.24) is 14.9 Å². The molecule has 3 heteroatoms. The van der Waals surface area contributed by atoms with Crippen LogP contribution in [0.25, 0.3) is 11.0 Å². The average molecular weight is 271 g/mol. The van der Waals surface area contributed by atoms with E-state index >= 15 is 0 Å². The summed E-state index contributed by atoms with van der Waals surface area (Å²) in [5.41, 5.74) is 2.80. The van der Waals surface area contributed by atoms with E-state index in [1.807, 2.05) is 0 Å². The zero-order chi connectivity index (χ0) is 14.2. The van der Waals surface area contributed by atoms with Crippen molar-refractivity contribution in [1.29, 1.82) is 0 Å². The standard InChI is InChI=1S/C17H25N3/c1-13-19-14-7-4-5-8-15(14)20(13)12-11-18-16-9-6-10-17(16,2)3/h4-5,7-8,16,18H,6,9-12H2,1-3H3. The second-order valence-corrected chi connectivity index (χ2v) is 6.69. The van der Waals surface area contributed by atoms with Crippen molar-refractivity contribution in [2.75, 3.05) is 6.54 Å². The summed E-state index contributed by atoms with van der Waals surface area (Å²) in [5.74, 6) is 1.11. The Morgan fingerprint density at radius 2 is 2.15 bits per heavy atom. The molecule has 1 N–H and O–H groups in total. The highest BCUT2D eigenvalue weighted by Crippen LogP contribution is 2.37. The first-order valence-corrected chi connectivity index (χ1v) is 7.73. The van der Waals surface area contributed by atoms with E-state index in [0.29, 0.717) is 11.5 Å². The maximum absolute atomic E-state index is 4.63. The summed E-state index contributed by atoms with van der Waals surface area (Å²) in [7, 11) is 0. The van der Waals surface area contributed by atoms with Crippen molar-refractivity contribution in [2.24, 2.45) is 5.41 Å². The third kappa shape index (κ3) is 2.47. The number of aromatic nitrogens is 2. The molecule has 3 rings (SSSR count). The maximum atomic E-state index is 4.63. The van der Waals surface area contributed by atoms with E-state index in [1.54, 1.807) is 0 Å². The SMILES string of the molecule is Cc1nc2ccccc2n1CCNC1CCCC1(C)C. The molecule has 2 aromatic rings. The summed E-state index contributed by atoms with van der Waals surface area (Å²) in [4.78, 5) is 4.63. The molecule has 108 valence electrons. The molecule has 20 heavy (non-hydrogen) atoms. The molecule has 3 nitrogen and oxygen atoms in total. The molecule has 1 aromatic carbocycles. The van der Waals surface area contributed by atoms with Gasteiger partial charge in [-0.1, -0.05) is 32.4 Å². The summed E-state index contributed by atoms with van der Waals surface area (Å²) in [6, 6.07) is 9.06. The van der Waals surface area contributed by atoms with Gasteiger partial charge in [0.05, 0.1) is 11.0 Å². The summed E-state index contributed by atoms with van der Waals surface area (Å²) in [6.07, 6.45) is 4.02. The fourth-order valence-corrected chi connectivity index (χ4v) is 3.53. The predicted octanol–water partition coefficient (Wildman–Crippen LogP) is 3.51. The summed E-state index contributed by atoms with van der Waals surface area (Å²) >= 11 is 0. The van der Waals surface area contributed by atoms with Gasteiger partial charge in [-0.05, 0) is 37.3 Å². The van der Waals surface area contributed by atoms with Crippen LogP contribution in [0, 0.1) is 12.3 Å². The monoisotopic (exact) mass is 271 g/mol. The van der Waals surface area contributed by atoms with Gasteiger partial charge in [-0.25, -0.2) is 4.98 Å². The van der Waals surface area contributed by atoms with Crippen LogP contribution in [0.1, 0.15) is 38.9 Å². The topological polar surface area (TPSA) is 29.9 Å². The van der Waals surface area contributed by atoms with Crippen molar-refractivity contribution >= 4 is 11.0 Å². The summed E-state index contributed by atoms with van der Waals surface area (Å²) in [6.45, 7) is 8.89. The van der Waals surface area contributed by atoms with Crippen LogP contribution in [-0.4, -0.2) is 22.1 Å². The molecule has 1 heterocycles. The molecule has 1 aliphatic carbocycles. The number of para-hydroxylation sites is 2. The quantitative estimate of drug-likeness (QED) is 0.922. The minimum atomic E-state index is 0.450. The van der Waals surface area contributed by atoms with Gasteiger partial charge >= 0.3 is 0 Å². The Morgan fingerprint density at radius 3 is 2.90 bits per heavy atom. The van der Waals surface area contributed by atoms with Gasteiger partial charge in [-0.15, -0.1) is 0 Å². The maximum Gasteiger partial charge on any atom is 0.106 e. The number of nitrogens with zero attached hydrogens (tertiary/aromatic N) is 2. The van der Waals surface area contributed by atoms with Crippen molar-refractivity contribution in [2.45, 2.75) is 52.6 Å². The normalized spacial score (nSPS) is 21.6. The minimum absolute atomic E-state index is 0.450. The fourth-order valence-electron chi connectivity index (χ4n) is 3.53. The molecule has 0 aliphatic heterocycles. The molecule has 1 saturated carbocycles. The first kappa shape index (κ1) is 13.6. The van der Waals surface area contributed by atoms with E-state index in [1.165, 1.54) is 24.8 Å². The molecule has 0 amide bonds. The number of nitrogens with one attached hydrogen (secondary N) is 1. The molecule has 1 atom stereocenters. The zero-order valence-corrected chi connectivity index (χ0v) is 12.8. The highest BCUT2D eigenvalue weighted by molar-refractivity contribution is 5.75. The van der Waals surface area contributed by atoms with Crippen LogP contribution < -0.4 is 5.32 Å². The van der Waals surface area contributed by atoms with Crippen LogP contribution in [-0.2, 0) is 6.54 Å². The number of imidazole rings is 1. The molecular formula is C17H25N3. The van der Waals surface area contributed by atoms with Gasteiger partial charge in [-0.3, -0.25) is 0 Å². The van der Waals surface area contributed by atoms with Crippen molar-refractivity contribution in [3.63, 3.8) is 0 Å². The molecule has 1 aromatic heterocycles. The number of rotatable bonds is 4. The van der Waals surface area contributed by atoms with Gasteiger partial charge in [0, 0.05) is 19.1 Å². The van der Waals surface area contributed by atoms with E-state index < -0.39 is 0 Å². The first-order chi connectivity index (χ1) is 9.58. The summed E-state index contributed by atoms with van der Waals surface area (Å²) < 4.78 is 2.32. The Hall–Kier alpha value is -1.35. The zero-order valence-electron chi connectivity index (χ0n) is 12.8. The number of fused-ring (bicyclic) bond motifs is 1. The molecule has 0 saturated heterocycles. The highest BCUT2D eigenvalue weighted by atomic mass is 15.1. The Kier molecular flexibility index (Phi) is 3.55. The number of hydrogen-bond donors (Lipinski definition) is 1. The van der Waals surface area contributed by atoms with Crippen LogP contribution in [0.4, 0.5) is 0 Å². The second kappa shape index (κ2) is 5.21. The predicted molar refractivity (Wildman–Crippen MR) is 83.9 cm³/mol. The van der Waals surface area contributed by atoms with Crippen LogP contribution in [0.3, 0.4) is 0 Å². The highest BCUT2D eigenvalue weighted by Gasteiger charge is 2.33. The van der Waals surface area contributed by atoms with E-state index in [2.05, 4.69) is 59.9 Å². The Balaban J connectivity index is 1.67. The van der Waals surface area contributed by atoms with Crippen LogP contribution in [0.2, 0.25) is 0 Å². The molecule has 1 aliphatic rings. The van der Waals surface area contributed by atoms with Gasteiger partial charge in [0.1, 0.15) is 5.82 Å². The molecule has 0 bridgehead atoms. The third-order valence-electron chi connectivity index (χ3n) is 4.83.